The molecule has 0 fully saturated rings. The molecule has 1 amide bonds. The Morgan fingerprint density at radius 1 is 1.38 bits per heavy atom. The van der Waals surface area contributed by atoms with Crippen molar-refractivity contribution in [2.24, 2.45) is 0 Å². The van der Waals surface area contributed by atoms with Gasteiger partial charge in [0.25, 0.3) is 0 Å². The molecule has 2 aliphatic rings. The Kier molecular flexibility index (Phi) is 3.84. The van der Waals surface area contributed by atoms with Crippen molar-refractivity contribution < 1.29 is 4.79 Å². The van der Waals surface area contributed by atoms with Gasteiger partial charge in [-0.2, -0.15) is 5.10 Å². The fraction of sp³-hybridized carbons (Fsp3) is 0.500. The standard InChI is InChI=1S/C18H23N5O/c1-12-9-14-5-3-4-6-16(14)23(12)18(24)10-19-15-7-8-17-20-13(2)21-22(17)11-15/h3-6,12,15,19H,7-11H2,1-2H3/t12-,15+/m0/s1. The highest BCUT2D eigenvalue weighted by Crippen LogP contribution is 2.31. The van der Waals surface area contributed by atoms with Crippen LogP contribution in [-0.4, -0.2) is 39.3 Å². The summed E-state index contributed by atoms with van der Waals surface area (Å²) >= 11 is 0. The SMILES string of the molecule is Cc1nc2n(n1)C[C@H](NCC(=O)N1c3ccccc3C[C@@H]1C)CC2. The molecule has 0 saturated carbocycles. The first-order valence-electron chi connectivity index (χ1n) is 8.65. The number of amides is 1. The minimum Gasteiger partial charge on any atom is -0.308 e. The van der Waals surface area contributed by atoms with E-state index in [4.69, 9.17) is 0 Å². The minimum atomic E-state index is 0.146. The lowest BCUT2D eigenvalue weighted by Crippen LogP contribution is -2.46. The molecular formula is C18H23N5O. The fourth-order valence-corrected chi connectivity index (χ4v) is 3.86. The number of para-hydroxylation sites is 1. The van der Waals surface area contributed by atoms with E-state index in [9.17, 15) is 4.79 Å². The van der Waals surface area contributed by atoms with Gasteiger partial charge in [-0.15, -0.1) is 0 Å². The number of hydrogen-bond donors (Lipinski definition) is 1. The van der Waals surface area contributed by atoms with Gasteiger partial charge in [0.2, 0.25) is 5.91 Å². The van der Waals surface area contributed by atoms with Crippen molar-refractivity contribution in [1.82, 2.24) is 20.1 Å². The first-order chi connectivity index (χ1) is 11.6. The molecule has 1 N–H and O–H groups in total. The molecule has 6 heteroatoms. The van der Waals surface area contributed by atoms with Crippen molar-refractivity contribution in [1.29, 1.82) is 0 Å². The van der Waals surface area contributed by atoms with Gasteiger partial charge in [0.1, 0.15) is 11.6 Å². The molecule has 0 unspecified atom stereocenters. The van der Waals surface area contributed by atoms with Crippen LogP contribution in [0.4, 0.5) is 5.69 Å². The van der Waals surface area contributed by atoms with Crippen molar-refractivity contribution in [3.63, 3.8) is 0 Å². The van der Waals surface area contributed by atoms with Gasteiger partial charge in [-0.1, -0.05) is 18.2 Å². The molecule has 0 aliphatic carbocycles. The summed E-state index contributed by atoms with van der Waals surface area (Å²) in [5.74, 6) is 2.02. The largest absolute Gasteiger partial charge is 0.308 e. The van der Waals surface area contributed by atoms with Crippen molar-refractivity contribution in [2.45, 2.75) is 51.7 Å². The van der Waals surface area contributed by atoms with Crippen LogP contribution in [-0.2, 0) is 24.2 Å². The van der Waals surface area contributed by atoms with Gasteiger partial charge in [0.15, 0.2) is 0 Å². The Morgan fingerprint density at radius 3 is 3.08 bits per heavy atom. The predicted molar refractivity (Wildman–Crippen MR) is 92.0 cm³/mol. The monoisotopic (exact) mass is 325 g/mol. The summed E-state index contributed by atoms with van der Waals surface area (Å²) in [5, 5.41) is 7.84. The molecule has 2 aromatic rings. The molecule has 6 nitrogen and oxygen atoms in total. The molecule has 0 spiro atoms. The lowest BCUT2D eigenvalue weighted by atomic mass is 10.1. The summed E-state index contributed by atoms with van der Waals surface area (Å²) in [4.78, 5) is 19.1. The van der Waals surface area contributed by atoms with E-state index >= 15 is 0 Å². The van der Waals surface area contributed by atoms with Gasteiger partial charge in [-0.05, 0) is 38.3 Å². The second-order valence-electron chi connectivity index (χ2n) is 6.82. The number of aromatic nitrogens is 3. The van der Waals surface area contributed by atoms with Crippen LogP contribution in [0.5, 0.6) is 0 Å². The number of rotatable bonds is 3. The maximum atomic E-state index is 12.7. The number of benzene rings is 1. The van der Waals surface area contributed by atoms with Crippen LogP contribution in [0, 0.1) is 6.92 Å². The van der Waals surface area contributed by atoms with E-state index in [0.717, 1.165) is 43.1 Å². The van der Waals surface area contributed by atoms with Gasteiger partial charge >= 0.3 is 0 Å². The summed E-state index contributed by atoms with van der Waals surface area (Å²) < 4.78 is 1.97. The Balaban J connectivity index is 1.39. The van der Waals surface area contributed by atoms with Crippen molar-refractivity contribution >= 4 is 11.6 Å². The number of nitrogens with one attached hydrogen (secondary N) is 1. The first kappa shape index (κ1) is 15.3. The Morgan fingerprint density at radius 2 is 2.21 bits per heavy atom. The Labute approximate surface area is 141 Å². The third kappa shape index (κ3) is 2.71. The average Bonchev–Trinajstić information content (AvgIpc) is 3.09. The van der Waals surface area contributed by atoms with E-state index in [2.05, 4.69) is 28.4 Å². The Bertz CT molecular complexity index is 769. The summed E-state index contributed by atoms with van der Waals surface area (Å²) in [6.45, 7) is 5.19. The topological polar surface area (TPSA) is 63.1 Å². The molecule has 0 saturated heterocycles. The quantitative estimate of drug-likeness (QED) is 0.928. The maximum absolute atomic E-state index is 12.7. The molecular weight excluding hydrogens is 302 g/mol. The van der Waals surface area contributed by atoms with E-state index in [1.165, 1.54) is 5.56 Å². The van der Waals surface area contributed by atoms with Gasteiger partial charge in [-0.3, -0.25) is 4.79 Å². The van der Waals surface area contributed by atoms with E-state index in [-0.39, 0.29) is 18.0 Å². The van der Waals surface area contributed by atoms with Gasteiger partial charge in [0.05, 0.1) is 13.1 Å². The summed E-state index contributed by atoms with van der Waals surface area (Å²) in [5.41, 5.74) is 2.33. The zero-order chi connectivity index (χ0) is 16.7. The van der Waals surface area contributed by atoms with Crippen LogP contribution in [0.25, 0.3) is 0 Å². The first-order valence-corrected chi connectivity index (χ1v) is 8.65. The van der Waals surface area contributed by atoms with Gasteiger partial charge < -0.3 is 10.2 Å². The lowest BCUT2D eigenvalue weighted by Gasteiger charge is -2.26. The molecule has 0 radical (unpaired) electrons. The van der Waals surface area contributed by atoms with Crippen molar-refractivity contribution in [3.05, 3.63) is 41.5 Å². The molecule has 4 rings (SSSR count). The number of carbonyl (C=O) groups excluding carboxylic acids is 1. The molecule has 126 valence electrons. The minimum absolute atomic E-state index is 0.146. The molecule has 1 aromatic carbocycles. The summed E-state index contributed by atoms with van der Waals surface area (Å²) in [6.07, 6.45) is 2.85. The van der Waals surface area contributed by atoms with E-state index < -0.39 is 0 Å². The number of carbonyl (C=O) groups is 1. The summed E-state index contributed by atoms with van der Waals surface area (Å²) in [7, 11) is 0. The maximum Gasteiger partial charge on any atom is 0.241 e. The third-order valence-corrected chi connectivity index (χ3v) is 4.98. The molecule has 2 atom stereocenters. The smallest absolute Gasteiger partial charge is 0.241 e. The number of aryl methyl sites for hydroxylation is 2. The predicted octanol–water partition coefficient (Wildman–Crippen LogP) is 1.47. The molecule has 3 heterocycles. The van der Waals surface area contributed by atoms with Crippen LogP contribution < -0.4 is 10.2 Å². The van der Waals surface area contributed by atoms with Gasteiger partial charge in [0, 0.05) is 24.2 Å². The molecule has 2 aliphatic heterocycles. The summed E-state index contributed by atoms with van der Waals surface area (Å²) in [6, 6.07) is 8.70. The zero-order valence-electron chi connectivity index (χ0n) is 14.2. The second kappa shape index (κ2) is 6.02. The van der Waals surface area contributed by atoms with E-state index in [1.54, 1.807) is 0 Å². The van der Waals surface area contributed by atoms with Crippen LogP contribution in [0.2, 0.25) is 0 Å². The molecule has 1 aromatic heterocycles. The molecule has 24 heavy (non-hydrogen) atoms. The van der Waals surface area contributed by atoms with Crippen LogP contribution >= 0.6 is 0 Å². The van der Waals surface area contributed by atoms with Gasteiger partial charge in [-0.25, -0.2) is 9.67 Å². The van der Waals surface area contributed by atoms with E-state index in [0.29, 0.717) is 6.54 Å². The number of anilines is 1. The van der Waals surface area contributed by atoms with E-state index in [1.807, 2.05) is 34.7 Å². The number of hydrogen-bond acceptors (Lipinski definition) is 4. The lowest BCUT2D eigenvalue weighted by molar-refractivity contribution is -0.118. The van der Waals surface area contributed by atoms with Crippen LogP contribution in [0.15, 0.2) is 24.3 Å². The molecule has 0 bridgehead atoms. The van der Waals surface area contributed by atoms with Crippen LogP contribution in [0.3, 0.4) is 0 Å². The van der Waals surface area contributed by atoms with Crippen LogP contribution in [0.1, 0.15) is 30.6 Å². The van der Waals surface area contributed by atoms with Crippen molar-refractivity contribution in [2.75, 3.05) is 11.4 Å². The third-order valence-electron chi connectivity index (χ3n) is 4.98. The van der Waals surface area contributed by atoms with Crippen molar-refractivity contribution in [3.8, 4) is 0 Å². The average molecular weight is 325 g/mol. The normalized spacial score (nSPS) is 22.3. The Hall–Kier alpha value is -2.21. The highest BCUT2D eigenvalue weighted by atomic mass is 16.2. The fourth-order valence-electron chi connectivity index (χ4n) is 3.86. The zero-order valence-corrected chi connectivity index (χ0v) is 14.2. The highest BCUT2D eigenvalue weighted by molar-refractivity contribution is 5.97. The number of fused-ring (bicyclic) bond motifs is 2. The highest BCUT2D eigenvalue weighted by Gasteiger charge is 2.31. The number of nitrogens with zero attached hydrogens (tertiary/aromatic N) is 4. The second-order valence-corrected chi connectivity index (χ2v) is 6.82.